The molecule has 0 aliphatic heterocycles. The molecule has 0 fully saturated rings. The summed E-state index contributed by atoms with van der Waals surface area (Å²) in [5, 5.41) is 19.0. The van der Waals surface area contributed by atoms with Gasteiger partial charge in [0.2, 0.25) is 0 Å². The second-order valence-corrected chi connectivity index (χ2v) is 3.20. The fraction of sp³-hybridized carbons (Fsp3) is 0.500. The van der Waals surface area contributed by atoms with Gasteiger partial charge >= 0.3 is 0 Å². The van der Waals surface area contributed by atoms with Gasteiger partial charge in [-0.2, -0.15) is 0 Å². The van der Waals surface area contributed by atoms with Gasteiger partial charge in [-0.1, -0.05) is 13.3 Å². The summed E-state index contributed by atoms with van der Waals surface area (Å²) in [5.74, 6) is -0.588. The van der Waals surface area contributed by atoms with E-state index in [9.17, 15) is 14.6 Å². The molecular formula is C10H14FNO2. The van der Waals surface area contributed by atoms with Crippen molar-refractivity contribution in [3.05, 3.63) is 29.8 Å². The van der Waals surface area contributed by atoms with E-state index in [1.807, 2.05) is 6.92 Å². The first-order valence-corrected chi connectivity index (χ1v) is 4.62. The van der Waals surface area contributed by atoms with E-state index in [0.29, 0.717) is 6.42 Å². The number of hydrogen-bond donors (Lipinski definition) is 2. The molecule has 0 saturated heterocycles. The number of aromatic nitrogens is 1. The third-order valence-corrected chi connectivity index (χ3v) is 2.07. The second-order valence-electron chi connectivity index (χ2n) is 3.20. The Labute approximate surface area is 82.2 Å². The molecular weight excluding hydrogens is 185 g/mol. The summed E-state index contributed by atoms with van der Waals surface area (Å²) in [6.45, 7) is 1.89. The van der Waals surface area contributed by atoms with Crippen molar-refractivity contribution < 1.29 is 14.6 Å². The van der Waals surface area contributed by atoms with Crippen LogP contribution in [-0.2, 0) is 0 Å². The minimum Gasteiger partial charge on any atom is -0.390 e. The SMILES string of the molecule is CCCC(O)C(O)c1ccncc1F. The highest BCUT2D eigenvalue weighted by Gasteiger charge is 2.20. The highest BCUT2D eigenvalue weighted by molar-refractivity contribution is 5.16. The van der Waals surface area contributed by atoms with Crippen LogP contribution in [0.4, 0.5) is 4.39 Å². The molecule has 1 aromatic rings. The number of nitrogens with zero attached hydrogens (tertiary/aromatic N) is 1. The number of aliphatic hydroxyl groups excluding tert-OH is 2. The van der Waals surface area contributed by atoms with Gasteiger partial charge in [0.05, 0.1) is 12.3 Å². The minimum atomic E-state index is -1.17. The van der Waals surface area contributed by atoms with Crippen LogP contribution < -0.4 is 0 Å². The molecule has 14 heavy (non-hydrogen) atoms. The second kappa shape index (κ2) is 5.02. The molecule has 2 N–H and O–H groups in total. The Balaban J connectivity index is 2.78. The van der Waals surface area contributed by atoms with E-state index < -0.39 is 18.0 Å². The standard InChI is InChI=1S/C10H14FNO2/c1-2-3-9(13)10(14)7-4-5-12-6-8(7)11/h4-6,9-10,13-14H,2-3H2,1H3. The smallest absolute Gasteiger partial charge is 0.147 e. The lowest BCUT2D eigenvalue weighted by atomic mass is 10.0. The van der Waals surface area contributed by atoms with Crippen molar-refractivity contribution in [3.8, 4) is 0 Å². The molecule has 1 aromatic heterocycles. The highest BCUT2D eigenvalue weighted by Crippen LogP contribution is 2.21. The molecule has 0 saturated carbocycles. The lowest BCUT2D eigenvalue weighted by Crippen LogP contribution is -2.18. The predicted molar refractivity (Wildman–Crippen MR) is 50.1 cm³/mol. The van der Waals surface area contributed by atoms with Gasteiger partial charge in [0.15, 0.2) is 0 Å². The average Bonchev–Trinajstić information content (AvgIpc) is 2.18. The van der Waals surface area contributed by atoms with Crippen LogP contribution in [0.1, 0.15) is 31.4 Å². The number of halogens is 1. The van der Waals surface area contributed by atoms with E-state index >= 15 is 0 Å². The normalized spacial score (nSPS) is 15.1. The molecule has 2 atom stereocenters. The Hall–Kier alpha value is -1.00. The maximum atomic E-state index is 13.1. The number of hydrogen-bond acceptors (Lipinski definition) is 3. The molecule has 1 heterocycles. The molecule has 0 aliphatic carbocycles. The van der Waals surface area contributed by atoms with Crippen molar-refractivity contribution in [1.29, 1.82) is 0 Å². The van der Waals surface area contributed by atoms with Crippen LogP contribution in [0.15, 0.2) is 18.5 Å². The predicted octanol–water partition coefficient (Wildman–Crippen LogP) is 1.42. The third kappa shape index (κ3) is 2.49. The van der Waals surface area contributed by atoms with E-state index in [-0.39, 0.29) is 5.56 Å². The van der Waals surface area contributed by atoms with Gasteiger partial charge in [-0.15, -0.1) is 0 Å². The monoisotopic (exact) mass is 199 g/mol. The summed E-state index contributed by atoms with van der Waals surface area (Å²) in [5.41, 5.74) is 0.0981. The first kappa shape index (κ1) is 11.1. The molecule has 0 aliphatic rings. The lowest BCUT2D eigenvalue weighted by Gasteiger charge is -2.17. The maximum Gasteiger partial charge on any atom is 0.147 e. The van der Waals surface area contributed by atoms with Gasteiger partial charge in [0.25, 0.3) is 0 Å². The van der Waals surface area contributed by atoms with Gasteiger partial charge < -0.3 is 10.2 Å². The van der Waals surface area contributed by atoms with E-state index in [4.69, 9.17) is 0 Å². The lowest BCUT2D eigenvalue weighted by molar-refractivity contribution is 0.0110. The zero-order valence-electron chi connectivity index (χ0n) is 8.02. The molecule has 4 heteroatoms. The van der Waals surface area contributed by atoms with Gasteiger partial charge in [-0.3, -0.25) is 4.98 Å². The highest BCUT2D eigenvalue weighted by atomic mass is 19.1. The largest absolute Gasteiger partial charge is 0.390 e. The number of rotatable bonds is 4. The topological polar surface area (TPSA) is 53.4 Å². The Kier molecular flexibility index (Phi) is 3.98. The Morgan fingerprint density at radius 3 is 2.79 bits per heavy atom. The zero-order valence-corrected chi connectivity index (χ0v) is 8.02. The van der Waals surface area contributed by atoms with Gasteiger partial charge in [-0.25, -0.2) is 4.39 Å². The summed E-state index contributed by atoms with van der Waals surface area (Å²) in [6, 6.07) is 1.37. The maximum absolute atomic E-state index is 13.1. The molecule has 78 valence electrons. The quantitative estimate of drug-likeness (QED) is 0.771. The van der Waals surface area contributed by atoms with Crippen molar-refractivity contribution in [2.45, 2.75) is 32.0 Å². The van der Waals surface area contributed by atoms with Crippen molar-refractivity contribution >= 4 is 0 Å². The summed E-state index contributed by atoms with van der Waals surface area (Å²) in [4.78, 5) is 3.56. The zero-order chi connectivity index (χ0) is 10.6. The van der Waals surface area contributed by atoms with Crippen LogP contribution in [0, 0.1) is 5.82 Å². The number of aliphatic hydroxyl groups is 2. The van der Waals surface area contributed by atoms with Crippen molar-refractivity contribution in [2.24, 2.45) is 0 Å². The molecule has 0 aromatic carbocycles. The molecule has 1 rings (SSSR count). The van der Waals surface area contributed by atoms with Crippen LogP contribution in [0.5, 0.6) is 0 Å². The van der Waals surface area contributed by atoms with Crippen molar-refractivity contribution in [1.82, 2.24) is 4.98 Å². The molecule has 0 spiro atoms. The Morgan fingerprint density at radius 2 is 2.21 bits per heavy atom. The first-order valence-electron chi connectivity index (χ1n) is 4.62. The first-order chi connectivity index (χ1) is 6.66. The van der Waals surface area contributed by atoms with E-state index in [1.54, 1.807) is 0 Å². The van der Waals surface area contributed by atoms with Crippen LogP contribution in [-0.4, -0.2) is 21.3 Å². The molecule has 0 bridgehead atoms. The van der Waals surface area contributed by atoms with Crippen LogP contribution in [0.25, 0.3) is 0 Å². The molecule has 0 radical (unpaired) electrons. The van der Waals surface area contributed by atoms with Gasteiger partial charge in [0.1, 0.15) is 11.9 Å². The van der Waals surface area contributed by atoms with Crippen LogP contribution in [0.3, 0.4) is 0 Å². The van der Waals surface area contributed by atoms with Crippen molar-refractivity contribution in [2.75, 3.05) is 0 Å². The van der Waals surface area contributed by atoms with Crippen LogP contribution >= 0.6 is 0 Å². The van der Waals surface area contributed by atoms with E-state index in [0.717, 1.165) is 12.6 Å². The summed E-state index contributed by atoms with van der Waals surface area (Å²) in [7, 11) is 0. The summed E-state index contributed by atoms with van der Waals surface area (Å²) < 4.78 is 13.1. The van der Waals surface area contributed by atoms with Gasteiger partial charge in [0, 0.05) is 11.8 Å². The van der Waals surface area contributed by atoms with E-state index in [2.05, 4.69) is 4.98 Å². The Morgan fingerprint density at radius 1 is 1.50 bits per heavy atom. The van der Waals surface area contributed by atoms with Crippen molar-refractivity contribution in [3.63, 3.8) is 0 Å². The summed E-state index contributed by atoms with van der Waals surface area (Å²) >= 11 is 0. The molecule has 2 unspecified atom stereocenters. The average molecular weight is 199 g/mol. The minimum absolute atomic E-state index is 0.0981. The van der Waals surface area contributed by atoms with E-state index in [1.165, 1.54) is 12.3 Å². The number of pyridine rings is 1. The fourth-order valence-electron chi connectivity index (χ4n) is 1.29. The molecule has 0 amide bonds. The summed E-state index contributed by atoms with van der Waals surface area (Å²) in [6.07, 6.45) is 1.51. The third-order valence-electron chi connectivity index (χ3n) is 2.07. The Bertz CT molecular complexity index is 293. The molecule has 3 nitrogen and oxygen atoms in total. The van der Waals surface area contributed by atoms with Crippen LogP contribution in [0.2, 0.25) is 0 Å². The fourth-order valence-corrected chi connectivity index (χ4v) is 1.29. The van der Waals surface area contributed by atoms with Gasteiger partial charge in [-0.05, 0) is 12.5 Å².